The summed E-state index contributed by atoms with van der Waals surface area (Å²) in [5.41, 5.74) is 0.723. The van der Waals surface area contributed by atoms with Gasteiger partial charge in [0.15, 0.2) is 0 Å². The van der Waals surface area contributed by atoms with E-state index in [1.165, 1.54) is 7.11 Å². The molecule has 0 aliphatic heterocycles. The maximum Gasteiger partial charge on any atom is 0.129 e. The minimum absolute atomic E-state index is 0.0829. The minimum Gasteiger partial charge on any atom is -0.507 e. The smallest absolute Gasteiger partial charge is 0.129 e. The lowest BCUT2D eigenvalue weighted by Crippen LogP contribution is -2.30. The Kier molecular flexibility index (Phi) is 5.08. The van der Waals surface area contributed by atoms with E-state index in [-0.39, 0.29) is 5.75 Å². The maximum atomic E-state index is 9.83. The Balaban J connectivity index is 2.90. The summed E-state index contributed by atoms with van der Waals surface area (Å²) in [6.45, 7) is 0.419. The number of methoxy groups -OCH3 is 1. The van der Waals surface area contributed by atoms with Crippen LogP contribution in [0.1, 0.15) is 11.7 Å². The van der Waals surface area contributed by atoms with E-state index >= 15 is 0 Å². The Hall–Kier alpha value is -0.750. The van der Waals surface area contributed by atoms with Gasteiger partial charge in [0.2, 0.25) is 0 Å². The zero-order valence-electron chi connectivity index (χ0n) is 9.34. The van der Waals surface area contributed by atoms with Gasteiger partial charge >= 0.3 is 0 Å². The number of likely N-dealkylation sites (N-methyl/N-ethyl adjacent to an activating group) is 1. The highest BCUT2D eigenvalue weighted by Gasteiger charge is 2.20. The van der Waals surface area contributed by atoms with E-state index < -0.39 is 12.2 Å². The topological polar surface area (TPSA) is 61.7 Å². The molecule has 0 heterocycles. The maximum absolute atomic E-state index is 9.83. The van der Waals surface area contributed by atoms with Crippen LogP contribution in [0.25, 0.3) is 0 Å². The van der Waals surface area contributed by atoms with Gasteiger partial charge in [0, 0.05) is 18.6 Å². The van der Waals surface area contributed by atoms with Crippen LogP contribution in [0.2, 0.25) is 0 Å². The summed E-state index contributed by atoms with van der Waals surface area (Å²) in [5.74, 6) is 0.0829. The molecule has 0 radical (unpaired) electrons. The van der Waals surface area contributed by atoms with Gasteiger partial charge in [0.1, 0.15) is 11.9 Å². The van der Waals surface area contributed by atoms with Crippen molar-refractivity contribution >= 4 is 12.6 Å². The molecule has 90 valence electrons. The van der Waals surface area contributed by atoms with Crippen molar-refractivity contribution < 1.29 is 14.9 Å². The summed E-state index contributed by atoms with van der Waals surface area (Å²) >= 11 is 4.07. The molecule has 0 amide bonds. The predicted molar refractivity (Wildman–Crippen MR) is 65.0 cm³/mol. The lowest BCUT2D eigenvalue weighted by molar-refractivity contribution is -0.0117. The van der Waals surface area contributed by atoms with E-state index in [1.807, 2.05) is 0 Å². The van der Waals surface area contributed by atoms with E-state index in [2.05, 4.69) is 17.9 Å². The van der Waals surface area contributed by atoms with Crippen LogP contribution in [0.15, 0.2) is 23.1 Å². The molecule has 4 nitrogen and oxygen atoms in total. The van der Waals surface area contributed by atoms with Crippen molar-refractivity contribution in [2.45, 2.75) is 17.1 Å². The van der Waals surface area contributed by atoms with Gasteiger partial charge in [-0.05, 0) is 24.7 Å². The molecule has 3 N–H and O–H groups in total. The number of phenolic OH excluding ortho intramolecular Hbond substituents is 1. The van der Waals surface area contributed by atoms with Gasteiger partial charge in [0.25, 0.3) is 0 Å². The van der Waals surface area contributed by atoms with Crippen LogP contribution in [-0.4, -0.2) is 37.0 Å². The van der Waals surface area contributed by atoms with Crippen molar-refractivity contribution in [2.75, 3.05) is 20.7 Å². The van der Waals surface area contributed by atoms with Crippen molar-refractivity contribution in [3.05, 3.63) is 23.8 Å². The molecule has 0 aliphatic rings. The van der Waals surface area contributed by atoms with Crippen LogP contribution in [0.3, 0.4) is 0 Å². The molecule has 16 heavy (non-hydrogen) atoms. The van der Waals surface area contributed by atoms with Gasteiger partial charge < -0.3 is 20.3 Å². The van der Waals surface area contributed by atoms with Crippen LogP contribution >= 0.6 is 12.6 Å². The number of ether oxygens (including phenoxy) is 1. The molecule has 1 aromatic carbocycles. The Morgan fingerprint density at radius 2 is 2.19 bits per heavy atom. The first-order chi connectivity index (χ1) is 7.60. The fourth-order valence-corrected chi connectivity index (χ4v) is 1.69. The number of phenols is 1. The SMILES string of the molecule is CNCC(O)C(OC)c1ccc(S)c(O)c1. The molecular formula is C11H17NO3S. The molecule has 2 atom stereocenters. The van der Waals surface area contributed by atoms with Gasteiger partial charge in [0.05, 0.1) is 6.10 Å². The average molecular weight is 243 g/mol. The third-order valence-corrected chi connectivity index (χ3v) is 2.72. The van der Waals surface area contributed by atoms with E-state index in [9.17, 15) is 10.2 Å². The number of benzene rings is 1. The van der Waals surface area contributed by atoms with Crippen LogP contribution in [0.4, 0.5) is 0 Å². The molecule has 1 aromatic rings. The highest BCUT2D eigenvalue weighted by molar-refractivity contribution is 7.80. The Morgan fingerprint density at radius 3 is 2.69 bits per heavy atom. The molecule has 0 fully saturated rings. The fraction of sp³-hybridized carbons (Fsp3) is 0.455. The van der Waals surface area contributed by atoms with E-state index in [4.69, 9.17) is 4.74 Å². The number of aromatic hydroxyl groups is 1. The number of hydrogen-bond acceptors (Lipinski definition) is 5. The quantitative estimate of drug-likeness (QED) is 0.582. The first-order valence-electron chi connectivity index (χ1n) is 4.97. The fourth-order valence-electron chi connectivity index (χ4n) is 1.55. The lowest BCUT2D eigenvalue weighted by Gasteiger charge is -2.22. The molecule has 0 aromatic heterocycles. The van der Waals surface area contributed by atoms with Gasteiger partial charge in [-0.1, -0.05) is 6.07 Å². The number of thiol groups is 1. The first kappa shape index (κ1) is 13.3. The zero-order valence-corrected chi connectivity index (χ0v) is 10.2. The van der Waals surface area contributed by atoms with Crippen LogP contribution in [0.5, 0.6) is 5.75 Å². The average Bonchev–Trinajstić information content (AvgIpc) is 2.25. The summed E-state index contributed by atoms with van der Waals surface area (Å²) in [5, 5.41) is 22.2. The van der Waals surface area contributed by atoms with E-state index in [0.29, 0.717) is 11.4 Å². The molecule has 0 bridgehead atoms. The molecule has 5 heteroatoms. The highest BCUT2D eigenvalue weighted by Crippen LogP contribution is 2.28. The summed E-state index contributed by atoms with van der Waals surface area (Å²) in [4.78, 5) is 0.502. The van der Waals surface area contributed by atoms with E-state index in [1.54, 1.807) is 25.2 Å². The van der Waals surface area contributed by atoms with Crippen LogP contribution < -0.4 is 5.32 Å². The molecule has 0 saturated heterocycles. The molecule has 0 saturated carbocycles. The first-order valence-corrected chi connectivity index (χ1v) is 5.42. The second-order valence-electron chi connectivity index (χ2n) is 3.53. The molecule has 2 unspecified atom stereocenters. The number of nitrogens with one attached hydrogen (secondary N) is 1. The Labute approximate surface area is 101 Å². The predicted octanol–water partition coefficient (Wildman–Crippen LogP) is 0.949. The second-order valence-corrected chi connectivity index (χ2v) is 4.01. The monoisotopic (exact) mass is 243 g/mol. The summed E-state index contributed by atoms with van der Waals surface area (Å²) in [7, 11) is 3.28. The highest BCUT2D eigenvalue weighted by atomic mass is 32.1. The molecular weight excluding hydrogens is 226 g/mol. The van der Waals surface area contributed by atoms with Gasteiger partial charge in [-0.2, -0.15) is 0 Å². The van der Waals surface area contributed by atoms with Gasteiger partial charge in [-0.3, -0.25) is 0 Å². The summed E-state index contributed by atoms with van der Waals surface area (Å²) < 4.78 is 5.22. The number of rotatable bonds is 5. The Bertz CT molecular complexity index is 346. The van der Waals surface area contributed by atoms with Crippen LogP contribution in [0, 0.1) is 0 Å². The van der Waals surface area contributed by atoms with Crippen LogP contribution in [-0.2, 0) is 4.74 Å². The van der Waals surface area contributed by atoms with Crippen molar-refractivity contribution in [3.8, 4) is 5.75 Å². The summed E-state index contributed by atoms with van der Waals surface area (Å²) in [6.07, 6.45) is -1.13. The van der Waals surface area contributed by atoms with Crippen molar-refractivity contribution in [2.24, 2.45) is 0 Å². The molecule has 0 aliphatic carbocycles. The molecule has 1 rings (SSSR count). The Morgan fingerprint density at radius 1 is 1.50 bits per heavy atom. The van der Waals surface area contributed by atoms with Gasteiger partial charge in [-0.25, -0.2) is 0 Å². The van der Waals surface area contributed by atoms with E-state index in [0.717, 1.165) is 5.56 Å². The largest absolute Gasteiger partial charge is 0.507 e. The van der Waals surface area contributed by atoms with Crippen molar-refractivity contribution in [1.29, 1.82) is 0 Å². The number of aliphatic hydroxyl groups is 1. The zero-order chi connectivity index (χ0) is 12.1. The van der Waals surface area contributed by atoms with Gasteiger partial charge in [-0.15, -0.1) is 12.6 Å². The lowest BCUT2D eigenvalue weighted by atomic mass is 10.0. The van der Waals surface area contributed by atoms with Crippen molar-refractivity contribution in [1.82, 2.24) is 5.32 Å². The second kappa shape index (κ2) is 6.10. The third kappa shape index (κ3) is 3.12. The number of aliphatic hydroxyl groups excluding tert-OH is 1. The minimum atomic E-state index is -0.667. The third-order valence-electron chi connectivity index (χ3n) is 2.34. The van der Waals surface area contributed by atoms with Crippen molar-refractivity contribution in [3.63, 3.8) is 0 Å². The number of hydrogen-bond donors (Lipinski definition) is 4. The standard InChI is InChI=1S/C11H17NO3S/c1-12-6-9(14)11(15-2)7-3-4-10(16)8(13)5-7/h3-5,9,11-14,16H,6H2,1-2H3. The normalized spacial score (nSPS) is 14.8. The summed E-state index contributed by atoms with van der Waals surface area (Å²) in [6, 6.07) is 5.00. The molecule has 0 spiro atoms.